The topological polar surface area (TPSA) is 101 Å². The lowest BCUT2D eigenvalue weighted by molar-refractivity contribution is -0.150. The zero-order valence-corrected chi connectivity index (χ0v) is 11.1. The van der Waals surface area contributed by atoms with Crippen molar-refractivity contribution in [3.8, 4) is 0 Å². The van der Waals surface area contributed by atoms with Crippen molar-refractivity contribution in [1.82, 2.24) is 0 Å². The first-order chi connectivity index (χ1) is 7.49. The summed E-state index contributed by atoms with van der Waals surface area (Å²) in [4.78, 5) is 11.7. The second-order valence-electron chi connectivity index (χ2n) is 5.22. The summed E-state index contributed by atoms with van der Waals surface area (Å²) in [5.41, 5.74) is -2.64. The van der Waals surface area contributed by atoms with Crippen molar-refractivity contribution in [3.63, 3.8) is 0 Å². The molecule has 0 aromatic rings. The highest BCUT2D eigenvalue weighted by Gasteiger charge is 2.67. The summed E-state index contributed by atoms with van der Waals surface area (Å²) >= 11 is 0. The lowest BCUT2D eigenvalue weighted by atomic mass is 10.1. The number of carbonyl (C=O) groups excluding carboxylic acids is 1. The number of aliphatic hydroxyl groups excluding tert-OH is 1. The van der Waals surface area contributed by atoms with Gasteiger partial charge in [0, 0.05) is 5.92 Å². The second-order valence-corrected chi connectivity index (χ2v) is 6.73. The molecule has 6 nitrogen and oxygen atoms in total. The molecule has 1 aliphatic rings. The Bertz CT molecular complexity index is 411. The lowest BCUT2D eigenvalue weighted by Gasteiger charge is -2.08. The van der Waals surface area contributed by atoms with Crippen LogP contribution >= 0.6 is 0 Å². The van der Waals surface area contributed by atoms with Crippen molar-refractivity contribution in [2.45, 2.75) is 39.2 Å². The molecule has 1 aliphatic carbocycles. The third kappa shape index (κ3) is 2.78. The van der Waals surface area contributed by atoms with Gasteiger partial charge < -0.3 is 9.84 Å². The fourth-order valence-corrected chi connectivity index (χ4v) is 3.03. The molecule has 0 aromatic carbocycles. The van der Waals surface area contributed by atoms with Gasteiger partial charge in [0.1, 0.15) is 0 Å². The monoisotopic (exact) mass is 266 g/mol. The Kier molecular flexibility index (Phi) is 3.58. The van der Waals surface area contributed by atoms with E-state index in [0.29, 0.717) is 0 Å². The standard InChI is InChI=1S/C10H18O6S/c1-5(2)16-8(11)6-7(10(6,3)4)9(12)17(13,14)15/h5-7,9,12H,1-4H3,(H,13,14,15). The zero-order chi connectivity index (χ0) is 13.6. The molecule has 0 amide bonds. The molecule has 1 fully saturated rings. The first kappa shape index (κ1) is 14.4. The molecule has 17 heavy (non-hydrogen) atoms. The van der Waals surface area contributed by atoms with Gasteiger partial charge >= 0.3 is 5.97 Å². The smallest absolute Gasteiger partial charge is 0.310 e. The van der Waals surface area contributed by atoms with Gasteiger partial charge in [-0.3, -0.25) is 9.35 Å². The van der Waals surface area contributed by atoms with Crippen molar-refractivity contribution in [3.05, 3.63) is 0 Å². The Morgan fingerprint density at radius 3 is 2.18 bits per heavy atom. The van der Waals surface area contributed by atoms with Gasteiger partial charge in [-0.2, -0.15) is 8.42 Å². The van der Waals surface area contributed by atoms with E-state index in [0.717, 1.165) is 0 Å². The summed E-state index contributed by atoms with van der Waals surface area (Å²) < 4.78 is 35.4. The van der Waals surface area contributed by atoms with Crippen LogP contribution in [0.1, 0.15) is 27.7 Å². The van der Waals surface area contributed by atoms with Crippen LogP contribution < -0.4 is 0 Å². The van der Waals surface area contributed by atoms with Crippen LogP contribution in [0.3, 0.4) is 0 Å². The molecule has 0 saturated heterocycles. The predicted octanol–water partition coefficient (Wildman–Crippen LogP) is 0.416. The maximum Gasteiger partial charge on any atom is 0.310 e. The average molecular weight is 266 g/mol. The van der Waals surface area contributed by atoms with E-state index >= 15 is 0 Å². The minimum Gasteiger partial charge on any atom is -0.463 e. The van der Waals surface area contributed by atoms with Gasteiger partial charge in [-0.05, 0) is 19.3 Å². The molecule has 7 heteroatoms. The van der Waals surface area contributed by atoms with Gasteiger partial charge in [-0.15, -0.1) is 0 Å². The Morgan fingerprint density at radius 2 is 1.82 bits per heavy atom. The summed E-state index contributed by atoms with van der Waals surface area (Å²) in [6.07, 6.45) is -0.303. The first-order valence-electron chi connectivity index (χ1n) is 5.34. The Balaban J connectivity index is 2.82. The van der Waals surface area contributed by atoms with E-state index in [4.69, 9.17) is 9.29 Å². The predicted molar refractivity (Wildman–Crippen MR) is 59.5 cm³/mol. The second kappa shape index (κ2) is 4.22. The van der Waals surface area contributed by atoms with E-state index < -0.39 is 38.8 Å². The highest BCUT2D eigenvalue weighted by molar-refractivity contribution is 7.86. The van der Waals surface area contributed by atoms with Gasteiger partial charge in [0.25, 0.3) is 10.1 Å². The molecule has 3 unspecified atom stereocenters. The van der Waals surface area contributed by atoms with Crippen molar-refractivity contribution in [2.75, 3.05) is 0 Å². The number of hydrogen-bond donors (Lipinski definition) is 2. The SMILES string of the molecule is CC(C)OC(=O)C1C(C(O)S(=O)(=O)O)C1(C)C. The summed E-state index contributed by atoms with van der Waals surface area (Å²) in [6, 6.07) is 0. The summed E-state index contributed by atoms with van der Waals surface area (Å²) in [5, 5.41) is 9.47. The van der Waals surface area contributed by atoms with E-state index in [1.165, 1.54) is 0 Å². The molecule has 1 rings (SSSR count). The summed E-state index contributed by atoms with van der Waals surface area (Å²) in [6.45, 7) is 6.67. The third-order valence-electron chi connectivity index (χ3n) is 3.13. The maximum absolute atomic E-state index is 11.7. The van der Waals surface area contributed by atoms with Crippen molar-refractivity contribution >= 4 is 16.1 Å². The normalized spacial score (nSPS) is 28.9. The number of esters is 1. The maximum atomic E-state index is 11.7. The highest BCUT2D eigenvalue weighted by Crippen LogP contribution is 2.61. The zero-order valence-electron chi connectivity index (χ0n) is 10.2. The Labute approximate surface area is 101 Å². The molecule has 0 radical (unpaired) electrons. The van der Waals surface area contributed by atoms with Crippen LogP contribution in [0.5, 0.6) is 0 Å². The number of aliphatic hydroxyl groups is 1. The van der Waals surface area contributed by atoms with Crippen LogP contribution in [0, 0.1) is 17.3 Å². The van der Waals surface area contributed by atoms with E-state index in [-0.39, 0.29) is 6.10 Å². The van der Waals surface area contributed by atoms with Gasteiger partial charge in [0.05, 0.1) is 12.0 Å². The molecule has 100 valence electrons. The van der Waals surface area contributed by atoms with Gasteiger partial charge in [-0.1, -0.05) is 13.8 Å². The van der Waals surface area contributed by atoms with Crippen LogP contribution in [-0.4, -0.2) is 35.6 Å². The van der Waals surface area contributed by atoms with Crippen LogP contribution in [0.2, 0.25) is 0 Å². The lowest BCUT2D eigenvalue weighted by Crippen LogP contribution is -2.25. The Hall–Kier alpha value is -0.660. The highest BCUT2D eigenvalue weighted by atomic mass is 32.2. The van der Waals surface area contributed by atoms with Crippen LogP contribution in [0.15, 0.2) is 0 Å². The van der Waals surface area contributed by atoms with Gasteiger partial charge in [-0.25, -0.2) is 0 Å². The van der Waals surface area contributed by atoms with E-state index in [1.807, 2.05) is 0 Å². The fraction of sp³-hybridized carbons (Fsp3) is 0.900. The average Bonchev–Trinajstić information content (AvgIpc) is 2.64. The molecule has 1 saturated carbocycles. The van der Waals surface area contributed by atoms with Crippen LogP contribution in [0.4, 0.5) is 0 Å². The minimum atomic E-state index is -4.56. The van der Waals surface area contributed by atoms with Crippen molar-refractivity contribution in [2.24, 2.45) is 17.3 Å². The fourth-order valence-electron chi connectivity index (χ4n) is 2.15. The molecule has 0 aromatic heterocycles. The number of carbonyl (C=O) groups is 1. The van der Waals surface area contributed by atoms with E-state index in [2.05, 4.69) is 0 Å². The third-order valence-corrected chi connectivity index (χ3v) is 4.03. The first-order valence-corrected chi connectivity index (χ1v) is 6.84. The molecular formula is C10H18O6S. The van der Waals surface area contributed by atoms with E-state index in [9.17, 15) is 18.3 Å². The van der Waals surface area contributed by atoms with Crippen LogP contribution in [-0.2, 0) is 19.6 Å². The number of rotatable bonds is 4. The number of hydrogen-bond acceptors (Lipinski definition) is 5. The molecule has 0 heterocycles. The molecule has 0 bridgehead atoms. The molecular weight excluding hydrogens is 248 g/mol. The molecule has 2 N–H and O–H groups in total. The quantitative estimate of drug-likeness (QED) is 0.565. The van der Waals surface area contributed by atoms with Gasteiger partial charge in [0.15, 0.2) is 5.44 Å². The van der Waals surface area contributed by atoms with Crippen molar-refractivity contribution in [1.29, 1.82) is 0 Å². The molecule has 0 aliphatic heterocycles. The van der Waals surface area contributed by atoms with Crippen LogP contribution in [0.25, 0.3) is 0 Å². The molecule has 0 spiro atoms. The van der Waals surface area contributed by atoms with Crippen molar-refractivity contribution < 1.29 is 27.6 Å². The summed E-state index contributed by atoms with van der Waals surface area (Å²) in [5.74, 6) is -2.08. The molecule has 3 atom stereocenters. The minimum absolute atomic E-state index is 0.303. The summed E-state index contributed by atoms with van der Waals surface area (Å²) in [7, 11) is -4.56. The largest absolute Gasteiger partial charge is 0.463 e. The van der Waals surface area contributed by atoms with Gasteiger partial charge in [0.2, 0.25) is 0 Å². The Morgan fingerprint density at radius 1 is 1.35 bits per heavy atom. The number of ether oxygens (including phenoxy) is 1. The van der Waals surface area contributed by atoms with E-state index in [1.54, 1.807) is 27.7 Å².